The molecule has 0 atom stereocenters. The summed E-state index contributed by atoms with van der Waals surface area (Å²) in [6, 6.07) is 4.28. The SMILES string of the molecule is CC(C)(C)CNc1ccc(N2CCCCC2)nc1. The molecule has 1 N–H and O–H groups in total. The Morgan fingerprint density at radius 2 is 1.89 bits per heavy atom. The summed E-state index contributed by atoms with van der Waals surface area (Å²) in [4.78, 5) is 6.95. The lowest BCUT2D eigenvalue weighted by Gasteiger charge is -2.27. The lowest BCUT2D eigenvalue weighted by atomic mass is 9.97. The zero-order chi connectivity index (χ0) is 13.0. The van der Waals surface area contributed by atoms with Gasteiger partial charge in [-0.25, -0.2) is 4.98 Å². The van der Waals surface area contributed by atoms with Crippen LogP contribution >= 0.6 is 0 Å². The van der Waals surface area contributed by atoms with E-state index in [1.54, 1.807) is 0 Å². The van der Waals surface area contributed by atoms with Crippen LogP contribution in [0.4, 0.5) is 11.5 Å². The molecule has 2 heterocycles. The highest BCUT2D eigenvalue weighted by Crippen LogP contribution is 2.20. The Kier molecular flexibility index (Phi) is 4.10. The third kappa shape index (κ3) is 3.90. The molecule has 3 nitrogen and oxygen atoms in total. The standard InChI is InChI=1S/C15H25N3/c1-15(2,3)12-17-13-7-8-14(16-11-13)18-9-5-4-6-10-18/h7-8,11,17H,4-6,9-10,12H2,1-3H3. The first-order valence-corrected chi connectivity index (χ1v) is 6.99. The van der Waals surface area contributed by atoms with Gasteiger partial charge in [-0.2, -0.15) is 0 Å². The van der Waals surface area contributed by atoms with Gasteiger partial charge >= 0.3 is 0 Å². The normalized spacial score (nSPS) is 16.7. The summed E-state index contributed by atoms with van der Waals surface area (Å²) >= 11 is 0. The van der Waals surface area contributed by atoms with Crippen molar-refractivity contribution in [2.45, 2.75) is 40.0 Å². The predicted octanol–water partition coefficient (Wildman–Crippen LogP) is 3.53. The molecule has 0 unspecified atom stereocenters. The van der Waals surface area contributed by atoms with Crippen LogP contribution in [-0.4, -0.2) is 24.6 Å². The molecule has 0 aliphatic carbocycles. The second kappa shape index (κ2) is 5.59. The summed E-state index contributed by atoms with van der Waals surface area (Å²) in [5.74, 6) is 1.12. The molecule has 2 rings (SSSR count). The Labute approximate surface area is 111 Å². The van der Waals surface area contributed by atoms with Crippen LogP contribution in [0, 0.1) is 5.41 Å². The highest BCUT2D eigenvalue weighted by Gasteiger charge is 2.12. The molecule has 0 aromatic carbocycles. The minimum atomic E-state index is 0.297. The molecular formula is C15H25N3. The van der Waals surface area contributed by atoms with Crippen molar-refractivity contribution in [1.29, 1.82) is 0 Å². The van der Waals surface area contributed by atoms with Crippen LogP contribution in [0.25, 0.3) is 0 Å². The molecule has 1 aromatic heterocycles. The first-order valence-electron chi connectivity index (χ1n) is 6.99. The van der Waals surface area contributed by atoms with E-state index in [1.165, 1.54) is 19.3 Å². The van der Waals surface area contributed by atoms with Crippen molar-refractivity contribution in [3.05, 3.63) is 18.3 Å². The van der Waals surface area contributed by atoms with Gasteiger partial charge < -0.3 is 10.2 Å². The van der Waals surface area contributed by atoms with E-state index in [9.17, 15) is 0 Å². The summed E-state index contributed by atoms with van der Waals surface area (Å²) in [5, 5.41) is 3.43. The molecule has 0 spiro atoms. The summed E-state index contributed by atoms with van der Waals surface area (Å²) in [6.45, 7) is 9.97. The molecule has 0 bridgehead atoms. The summed E-state index contributed by atoms with van der Waals surface area (Å²) in [5.41, 5.74) is 1.41. The number of anilines is 2. The summed E-state index contributed by atoms with van der Waals surface area (Å²) < 4.78 is 0. The van der Waals surface area contributed by atoms with Crippen LogP contribution < -0.4 is 10.2 Å². The van der Waals surface area contributed by atoms with E-state index in [2.05, 4.69) is 48.1 Å². The van der Waals surface area contributed by atoms with E-state index in [0.717, 1.165) is 31.1 Å². The van der Waals surface area contributed by atoms with Gasteiger partial charge in [0.2, 0.25) is 0 Å². The Balaban J connectivity index is 1.92. The minimum absolute atomic E-state index is 0.297. The van der Waals surface area contributed by atoms with Gasteiger partial charge in [-0.1, -0.05) is 20.8 Å². The molecule has 0 saturated carbocycles. The summed E-state index contributed by atoms with van der Waals surface area (Å²) in [6.07, 6.45) is 5.91. The number of rotatable bonds is 3. The lowest BCUT2D eigenvalue weighted by Crippen LogP contribution is -2.30. The van der Waals surface area contributed by atoms with E-state index in [-0.39, 0.29) is 0 Å². The molecule has 1 fully saturated rings. The molecule has 1 aliphatic rings. The van der Waals surface area contributed by atoms with Crippen molar-refractivity contribution in [2.24, 2.45) is 5.41 Å². The topological polar surface area (TPSA) is 28.2 Å². The van der Waals surface area contributed by atoms with Crippen LogP contribution in [0.3, 0.4) is 0 Å². The van der Waals surface area contributed by atoms with Crippen LogP contribution in [-0.2, 0) is 0 Å². The van der Waals surface area contributed by atoms with Gasteiger partial charge in [0.25, 0.3) is 0 Å². The fourth-order valence-electron chi connectivity index (χ4n) is 2.17. The maximum absolute atomic E-state index is 4.57. The van der Waals surface area contributed by atoms with Gasteiger partial charge in [-0.3, -0.25) is 0 Å². The number of piperidine rings is 1. The lowest BCUT2D eigenvalue weighted by molar-refractivity contribution is 0.443. The van der Waals surface area contributed by atoms with Crippen molar-refractivity contribution >= 4 is 11.5 Å². The van der Waals surface area contributed by atoms with Gasteiger partial charge in [0, 0.05) is 19.6 Å². The highest BCUT2D eigenvalue weighted by molar-refractivity contribution is 5.48. The Hall–Kier alpha value is -1.25. The van der Waals surface area contributed by atoms with Crippen molar-refractivity contribution in [1.82, 2.24) is 4.98 Å². The molecule has 0 radical (unpaired) electrons. The predicted molar refractivity (Wildman–Crippen MR) is 78.2 cm³/mol. The van der Waals surface area contributed by atoms with Crippen molar-refractivity contribution in [3.63, 3.8) is 0 Å². The second-order valence-corrected chi connectivity index (χ2v) is 6.37. The van der Waals surface area contributed by atoms with Crippen LogP contribution in [0.5, 0.6) is 0 Å². The van der Waals surface area contributed by atoms with Crippen LogP contribution in [0.2, 0.25) is 0 Å². The van der Waals surface area contributed by atoms with Gasteiger partial charge in [0.05, 0.1) is 11.9 Å². The minimum Gasteiger partial charge on any atom is -0.383 e. The van der Waals surface area contributed by atoms with Gasteiger partial charge in [-0.05, 0) is 36.8 Å². The van der Waals surface area contributed by atoms with Gasteiger partial charge in [0.15, 0.2) is 0 Å². The fraction of sp³-hybridized carbons (Fsp3) is 0.667. The van der Waals surface area contributed by atoms with Gasteiger partial charge in [0.1, 0.15) is 5.82 Å². The number of nitrogens with one attached hydrogen (secondary N) is 1. The fourth-order valence-corrected chi connectivity index (χ4v) is 2.17. The monoisotopic (exact) mass is 247 g/mol. The molecule has 18 heavy (non-hydrogen) atoms. The molecule has 1 aromatic rings. The molecule has 1 saturated heterocycles. The third-order valence-electron chi connectivity index (χ3n) is 3.25. The maximum atomic E-state index is 4.57. The van der Waals surface area contributed by atoms with Crippen LogP contribution in [0.15, 0.2) is 18.3 Å². The highest BCUT2D eigenvalue weighted by atomic mass is 15.2. The molecular weight excluding hydrogens is 222 g/mol. The molecule has 3 heteroatoms. The second-order valence-electron chi connectivity index (χ2n) is 6.37. The Morgan fingerprint density at radius 1 is 1.17 bits per heavy atom. The van der Waals surface area contributed by atoms with E-state index in [1.807, 2.05) is 6.20 Å². The zero-order valence-electron chi connectivity index (χ0n) is 11.9. The van der Waals surface area contributed by atoms with E-state index in [4.69, 9.17) is 0 Å². The number of hydrogen-bond acceptors (Lipinski definition) is 3. The van der Waals surface area contributed by atoms with Gasteiger partial charge in [-0.15, -0.1) is 0 Å². The smallest absolute Gasteiger partial charge is 0.128 e. The van der Waals surface area contributed by atoms with Crippen LogP contribution in [0.1, 0.15) is 40.0 Å². The third-order valence-corrected chi connectivity index (χ3v) is 3.25. The quantitative estimate of drug-likeness (QED) is 0.885. The first-order chi connectivity index (χ1) is 8.54. The number of aromatic nitrogens is 1. The molecule has 0 amide bonds. The Morgan fingerprint density at radius 3 is 2.44 bits per heavy atom. The first kappa shape index (κ1) is 13.2. The van der Waals surface area contributed by atoms with Crippen molar-refractivity contribution in [3.8, 4) is 0 Å². The average molecular weight is 247 g/mol. The van der Waals surface area contributed by atoms with E-state index >= 15 is 0 Å². The summed E-state index contributed by atoms with van der Waals surface area (Å²) in [7, 11) is 0. The van der Waals surface area contributed by atoms with E-state index < -0.39 is 0 Å². The number of pyridine rings is 1. The number of nitrogens with zero attached hydrogens (tertiary/aromatic N) is 2. The zero-order valence-corrected chi connectivity index (χ0v) is 11.9. The molecule has 100 valence electrons. The number of hydrogen-bond donors (Lipinski definition) is 1. The maximum Gasteiger partial charge on any atom is 0.128 e. The van der Waals surface area contributed by atoms with E-state index in [0.29, 0.717) is 5.41 Å². The Bertz CT molecular complexity index is 358. The van der Waals surface area contributed by atoms with Crippen molar-refractivity contribution < 1.29 is 0 Å². The average Bonchev–Trinajstić information content (AvgIpc) is 2.37. The largest absolute Gasteiger partial charge is 0.383 e. The van der Waals surface area contributed by atoms with Crippen molar-refractivity contribution in [2.75, 3.05) is 29.9 Å². The molecule has 1 aliphatic heterocycles.